The largest absolute Gasteiger partial charge is 0.464 e. The van der Waals surface area contributed by atoms with Crippen molar-refractivity contribution in [1.29, 1.82) is 0 Å². The average molecular weight is 468 g/mol. The van der Waals surface area contributed by atoms with Crippen LogP contribution in [0.2, 0.25) is 0 Å². The summed E-state index contributed by atoms with van der Waals surface area (Å²) in [6, 6.07) is 9.93. The van der Waals surface area contributed by atoms with Gasteiger partial charge >= 0.3 is 6.09 Å². The number of pyridine rings is 1. The SMILES string of the molecule is Cc1cc2cc(Oc3ccnc4cc(C(=O)N5CC(O)CC5CO)sc34)ccc2n1C(=O)O. The number of aromatic nitrogens is 2. The molecule has 33 heavy (non-hydrogen) atoms. The van der Waals surface area contributed by atoms with Crippen LogP contribution in [0.1, 0.15) is 21.8 Å². The lowest BCUT2D eigenvalue weighted by atomic mass is 10.2. The number of amides is 1. The van der Waals surface area contributed by atoms with E-state index < -0.39 is 18.2 Å². The Labute approximate surface area is 192 Å². The van der Waals surface area contributed by atoms with E-state index in [9.17, 15) is 24.9 Å². The van der Waals surface area contributed by atoms with Crippen molar-refractivity contribution in [1.82, 2.24) is 14.5 Å². The molecular weight excluding hydrogens is 446 g/mol. The molecule has 5 rings (SSSR count). The number of carboxylic acid groups (broad SMARTS) is 1. The first-order valence-corrected chi connectivity index (χ1v) is 11.2. The van der Waals surface area contributed by atoms with Gasteiger partial charge in [0.25, 0.3) is 5.91 Å². The van der Waals surface area contributed by atoms with E-state index in [-0.39, 0.29) is 19.1 Å². The lowest BCUT2D eigenvalue weighted by molar-refractivity contribution is 0.0670. The summed E-state index contributed by atoms with van der Waals surface area (Å²) >= 11 is 1.24. The molecule has 1 aromatic carbocycles. The smallest absolute Gasteiger partial charge is 0.416 e. The zero-order valence-corrected chi connectivity index (χ0v) is 18.5. The molecule has 4 heterocycles. The molecule has 2 atom stereocenters. The number of β-amino-alcohol motifs (C(OH)–C–C–N with tert-alkyl or cyclic N) is 1. The highest BCUT2D eigenvalue weighted by molar-refractivity contribution is 7.21. The second kappa shape index (κ2) is 8.14. The van der Waals surface area contributed by atoms with Gasteiger partial charge in [-0.1, -0.05) is 0 Å². The molecule has 0 aliphatic carbocycles. The fourth-order valence-electron chi connectivity index (χ4n) is 4.33. The van der Waals surface area contributed by atoms with Crippen LogP contribution in [0.4, 0.5) is 4.79 Å². The second-order valence-corrected chi connectivity index (χ2v) is 9.10. The molecular formula is C23H21N3O6S. The average Bonchev–Trinajstić information content (AvgIpc) is 3.47. The fraction of sp³-hybridized carbons (Fsp3) is 0.261. The van der Waals surface area contributed by atoms with Crippen molar-refractivity contribution in [2.45, 2.75) is 25.5 Å². The minimum atomic E-state index is -1.04. The summed E-state index contributed by atoms with van der Waals surface area (Å²) in [5.41, 5.74) is 1.79. The van der Waals surface area contributed by atoms with Crippen molar-refractivity contribution in [2.75, 3.05) is 13.2 Å². The van der Waals surface area contributed by atoms with Gasteiger partial charge in [-0.2, -0.15) is 0 Å². The summed E-state index contributed by atoms with van der Waals surface area (Å²) in [7, 11) is 0. The van der Waals surface area contributed by atoms with Gasteiger partial charge in [0.2, 0.25) is 0 Å². The van der Waals surface area contributed by atoms with Crippen LogP contribution < -0.4 is 4.74 Å². The number of likely N-dealkylation sites (tertiary alicyclic amines) is 1. The maximum absolute atomic E-state index is 13.0. The number of hydrogen-bond acceptors (Lipinski definition) is 7. The van der Waals surface area contributed by atoms with Crippen LogP contribution in [0, 0.1) is 6.92 Å². The minimum absolute atomic E-state index is 0.185. The number of aryl methyl sites for hydroxylation is 1. The molecule has 9 nitrogen and oxygen atoms in total. The molecule has 3 N–H and O–H groups in total. The number of carbonyl (C=O) groups excluding carboxylic acids is 1. The van der Waals surface area contributed by atoms with Gasteiger partial charge in [-0.3, -0.25) is 14.3 Å². The van der Waals surface area contributed by atoms with Crippen LogP contribution in [0.25, 0.3) is 21.1 Å². The Hall–Kier alpha value is -3.47. The van der Waals surface area contributed by atoms with Crippen LogP contribution >= 0.6 is 11.3 Å². The van der Waals surface area contributed by atoms with Gasteiger partial charge in [-0.25, -0.2) is 4.79 Å². The first-order chi connectivity index (χ1) is 15.9. The number of aliphatic hydroxyl groups is 2. The van der Waals surface area contributed by atoms with Gasteiger partial charge in [-0.05, 0) is 43.7 Å². The first-order valence-electron chi connectivity index (χ1n) is 10.4. The Kier molecular flexibility index (Phi) is 5.28. The molecule has 1 saturated heterocycles. The predicted molar refractivity (Wildman–Crippen MR) is 122 cm³/mol. The highest BCUT2D eigenvalue weighted by atomic mass is 32.1. The predicted octanol–water partition coefficient (Wildman–Crippen LogP) is 3.45. The monoisotopic (exact) mass is 467 g/mol. The van der Waals surface area contributed by atoms with Crippen LogP contribution in [-0.2, 0) is 0 Å². The molecule has 0 saturated carbocycles. The number of carbonyl (C=O) groups is 2. The molecule has 10 heteroatoms. The van der Waals surface area contributed by atoms with Gasteiger partial charge in [0, 0.05) is 29.9 Å². The highest BCUT2D eigenvalue weighted by Crippen LogP contribution is 2.37. The maximum atomic E-state index is 13.0. The standard InChI is InChI=1S/C23H21N3O6S/c1-12-6-13-7-16(2-3-18(13)26(12)23(30)31)32-19-4-5-24-17-9-20(33-21(17)19)22(29)25-10-15(28)8-14(25)11-27/h2-7,9,14-15,27-28H,8,10-11H2,1H3,(H,30,31). The first kappa shape index (κ1) is 21.4. The topological polar surface area (TPSA) is 125 Å². The van der Waals surface area contributed by atoms with Crippen molar-refractivity contribution in [2.24, 2.45) is 0 Å². The summed E-state index contributed by atoms with van der Waals surface area (Å²) < 4.78 is 8.01. The number of aliphatic hydroxyl groups excluding tert-OH is 2. The summed E-state index contributed by atoms with van der Waals surface area (Å²) in [5, 5.41) is 29.6. The zero-order valence-electron chi connectivity index (χ0n) is 17.6. The third-order valence-corrected chi connectivity index (χ3v) is 6.95. The number of ether oxygens (including phenoxy) is 1. The number of thiophene rings is 1. The van der Waals surface area contributed by atoms with Crippen LogP contribution in [0.5, 0.6) is 11.5 Å². The Bertz CT molecular complexity index is 1390. The molecule has 0 bridgehead atoms. The fourth-order valence-corrected chi connectivity index (χ4v) is 5.35. The van der Waals surface area contributed by atoms with E-state index in [4.69, 9.17) is 4.74 Å². The van der Waals surface area contributed by atoms with Crippen LogP contribution in [0.15, 0.2) is 42.6 Å². The van der Waals surface area contributed by atoms with Gasteiger partial charge in [0.15, 0.2) is 0 Å². The molecule has 1 fully saturated rings. The zero-order chi connectivity index (χ0) is 23.3. The van der Waals surface area contributed by atoms with Crippen LogP contribution in [0.3, 0.4) is 0 Å². The Morgan fingerprint density at radius 1 is 1.24 bits per heavy atom. The van der Waals surface area contributed by atoms with Gasteiger partial charge in [-0.15, -0.1) is 11.3 Å². The molecule has 1 amide bonds. The van der Waals surface area contributed by atoms with E-state index in [0.29, 0.717) is 44.2 Å². The normalized spacial score (nSPS) is 18.3. The number of benzene rings is 1. The molecule has 170 valence electrons. The van der Waals surface area contributed by atoms with E-state index in [1.54, 1.807) is 49.5 Å². The molecule has 2 unspecified atom stereocenters. The third kappa shape index (κ3) is 3.71. The van der Waals surface area contributed by atoms with Gasteiger partial charge in [0.1, 0.15) is 11.5 Å². The number of rotatable bonds is 4. The minimum Gasteiger partial charge on any atom is -0.464 e. The Balaban J connectivity index is 1.47. The van der Waals surface area contributed by atoms with E-state index in [1.165, 1.54) is 20.8 Å². The van der Waals surface area contributed by atoms with Crippen molar-refractivity contribution < 1.29 is 29.6 Å². The van der Waals surface area contributed by atoms with Gasteiger partial charge in [0.05, 0.1) is 39.4 Å². The number of nitrogens with zero attached hydrogens (tertiary/aromatic N) is 3. The lowest BCUT2D eigenvalue weighted by Gasteiger charge is -2.21. The molecule has 4 aromatic rings. The second-order valence-electron chi connectivity index (χ2n) is 8.04. The Morgan fingerprint density at radius 3 is 2.82 bits per heavy atom. The van der Waals surface area contributed by atoms with Crippen molar-refractivity contribution in [3.05, 3.63) is 53.2 Å². The van der Waals surface area contributed by atoms with Crippen molar-refractivity contribution in [3.8, 4) is 11.5 Å². The maximum Gasteiger partial charge on any atom is 0.416 e. The summed E-state index contributed by atoms with van der Waals surface area (Å²) in [4.78, 5) is 30.8. The summed E-state index contributed by atoms with van der Waals surface area (Å²) in [6.45, 7) is 1.71. The third-order valence-electron chi connectivity index (χ3n) is 5.83. The molecule has 1 aliphatic rings. The van der Waals surface area contributed by atoms with Crippen molar-refractivity contribution in [3.63, 3.8) is 0 Å². The number of fused-ring (bicyclic) bond motifs is 2. The summed E-state index contributed by atoms with van der Waals surface area (Å²) in [6.07, 6.45) is 0.257. The number of hydrogen-bond donors (Lipinski definition) is 3. The lowest BCUT2D eigenvalue weighted by Crippen LogP contribution is -2.37. The Morgan fingerprint density at radius 2 is 2.06 bits per heavy atom. The van der Waals surface area contributed by atoms with E-state index in [0.717, 1.165) is 5.39 Å². The highest BCUT2D eigenvalue weighted by Gasteiger charge is 2.35. The summed E-state index contributed by atoms with van der Waals surface area (Å²) in [5.74, 6) is 0.797. The molecule has 3 aromatic heterocycles. The molecule has 0 radical (unpaired) electrons. The van der Waals surface area contributed by atoms with E-state index in [1.807, 2.05) is 0 Å². The van der Waals surface area contributed by atoms with E-state index >= 15 is 0 Å². The van der Waals surface area contributed by atoms with E-state index in [2.05, 4.69) is 4.98 Å². The van der Waals surface area contributed by atoms with Crippen LogP contribution in [-0.4, -0.2) is 67.1 Å². The van der Waals surface area contributed by atoms with Gasteiger partial charge < -0.3 is 25.0 Å². The quantitative estimate of drug-likeness (QED) is 0.420. The molecule has 1 aliphatic heterocycles. The molecule has 0 spiro atoms. The van der Waals surface area contributed by atoms with Crippen molar-refractivity contribution >= 4 is 44.5 Å².